The Morgan fingerprint density at radius 2 is 0.855 bits per heavy atom. The van der Waals surface area contributed by atoms with Crippen molar-refractivity contribution in [3.8, 4) is 33.4 Å². The smallest absolute Gasteiger partial charge is 0.136 e. The van der Waals surface area contributed by atoms with E-state index in [2.05, 4.69) is 199 Å². The molecule has 0 unspecified atom stereocenters. The average molecular weight is 700 g/mol. The van der Waals surface area contributed by atoms with Crippen LogP contribution in [-0.4, -0.2) is 0 Å². The summed E-state index contributed by atoms with van der Waals surface area (Å²) in [5.41, 5.74) is 17.5. The van der Waals surface area contributed by atoms with E-state index in [0.29, 0.717) is 0 Å². The molecule has 0 atom stereocenters. The fourth-order valence-electron chi connectivity index (χ4n) is 9.93. The van der Waals surface area contributed by atoms with Crippen LogP contribution < -0.4 is 4.90 Å². The normalized spacial score (nSPS) is 13.2. The van der Waals surface area contributed by atoms with Crippen molar-refractivity contribution in [1.82, 2.24) is 0 Å². The first-order chi connectivity index (χ1) is 27.3. The van der Waals surface area contributed by atoms with Crippen LogP contribution in [0.1, 0.15) is 22.3 Å². The molecule has 1 aromatic heterocycles. The topological polar surface area (TPSA) is 16.4 Å². The lowest BCUT2D eigenvalue weighted by molar-refractivity contribution is 0.669. The predicted molar refractivity (Wildman–Crippen MR) is 228 cm³/mol. The van der Waals surface area contributed by atoms with E-state index in [1.54, 1.807) is 0 Å². The van der Waals surface area contributed by atoms with Crippen LogP contribution in [0.4, 0.5) is 17.1 Å². The Labute approximate surface area is 319 Å². The summed E-state index contributed by atoms with van der Waals surface area (Å²) in [4.78, 5) is 2.49. The van der Waals surface area contributed by atoms with E-state index in [1.165, 1.54) is 55.3 Å². The highest BCUT2D eigenvalue weighted by Crippen LogP contribution is 2.63. The molecule has 0 amide bonds. The van der Waals surface area contributed by atoms with Crippen molar-refractivity contribution in [3.63, 3.8) is 0 Å². The standard InChI is InChI=1S/C53H33NO/c1-2-17-36-34(15-1)16-13-28-48(36)54(49-27-11-6-21-41(49)42-23-14-30-51-52(42)43-22-7-12-29-50(43)55-51)35-31-32-40-39-20-5-10-26-46(39)53(47(40)33-35)44-24-8-3-18-37(44)38-19-4-9-25-45(38)53/h1-33H. The Bertz CT molecular complexity index is 3120. The molecular weight excluding hydrogens is 667 g/mol. The predicted octanol–water partition coefficient (Wildman–Crippen LogP) is 14.2. The second kappa shape index (κ2) is 11.4. The molecule has 256 valence electrons. The summed E-state index contributed by atoms with van der Waals surface area (Å²) in [5.74, 6) is 0. The molecule has 0 aliphatic heterocycles. The molecule has 0 saturated carbocycles. The van der Waals surface area contributed by atoms with Gasteiger partial charge in [0, 0.05) is 27.4 Å². The van der Waals surface area contributed by atoms with Crippen molar-refractivity contribution >= 4 is 49.8 Å². The van der Waals surface area contributed by atoms with Crippen LogP contribution in [0.2, 0.25) is 0 Å². The number of anilines is 3. The molecule has 0 N–H and O–H groups in total. The van der Waals surface area contributed by atoms with Gasteiger partial charge >= 0.3 is 0 Å². The van der Waals surface area contributed by atoms with Gasteiger partial charge in [-0.3, -0.25) is 0 Å². The van der Waals surface area contributed by atoms with E-state index in [9.17, 15) is 0 Å². The summed E-state index contributed by atoms with van der Waals surface area (Å²) in [6, 6.07) is 73.3. The monoisotopic (exact) mass is 699 g/mol. The van der Waals surface area contributed by atoms with Gasteiger partial charge in [-0.1, -0.05) is 164 Å². The molecule has 1 heterocycles. The fraction of sp³-hybridized carbons (Fsp3) is 0.0189. The number of hydrogen-bond donors (Lipinski definition) is 0. The average Bonchev–Trinajstić information content (AvgIpc) is 3.88. The van der Waals surface area contributed by atoms with Crippen LogP contribution in [0.25, 0.3) is 66.1 Å². The van der Waals surface area contributed by atoms with Crippen molar-refractivity contribution in [2.75, 3.05) is 4.90 Å². The Morgan fingerprint density at radius 3 is 1.60 bits per heavy atom. The molecule has 0 bridgehead atoms. The van der Waals surface area contributed by atoms with E-state index in [4.69, 9.17) is 4.42 Å². The molecule has 0 radical (unpaired) electrons. The lowest BCUT2D eigenvalue weighted by Crippen LogP contribution is -2.26. The third-order valence-corrected chi connectivity index (χ3v) is 12.1. The van der Waals surface area contributed by atoms with E-state index in [-0.39, 0.29) is 0 Å². The van der Waals surface area contributed by atoms with Gasteiger partial charge in [0.25, 0.3) is 0 Å². The van der Waals surface area contributed by atoms with Gasteiger partial charge in [-0.25, -0.2) is 0 Å². The third kappa shape index (κ3) is 4.08. The first kappa shape index (κ1) is 30.3. The number of furan rings is 1. The summed E-state index contributed by atoms with van der Waals surface area (Å²) < 4.78 is 6.42. The van der Waals surface area contributed by atoms with Crippen LogP contribution in [0.5, 0.6) is 0 Å². The summed E-state index contributed by atoms with van der Waals surface area (Å²) in [6.07, 6.45) is 0. The third-order valence-electron chi connectivity index (χ3n) is 12.1. The van der Waals surface area contributed by atoms with Crippen LogP contribution in [0, 0.1) is 0 Å². The largest absolute Gasteiger partial charge is 0.456 e. The van der Waals surface area contributed by atoms with Gasteiger partial charge < -0.3 is 9.32 Å². The summed E-state index contributed by atoms with van der Waals surface area (Å²) in [6.45, 7) is 0. The van der Waals surface area contributed by atoms with Gasteiger partial charge in [-0.05, 0) is 91.9 Å². The van der Waals surface area contributed by atoms with Gasteiger partial charge in [0.1, 0.15) is 11.2 Å². The quantitative estimate of drug-likeness (QED) is 0.182. The molecule has 2 nitrogen and oxygen atoms in total. The number of para-hydroxylation sites is 2. The molecule has 0 fully saturated rings. The van der Waals surface area contributed by atoms with Gasteiger partial charge in [0.05, 0.1) is 16.8 Å². The second-order valence-corrected chi connectivity index (χ2v) is 14.7. The minimum absolute atomic E-state index is 0.444. The zero-order valence-electron chi connectivity index (χ0n) is 29.9. The molecule has 1 spiro atoms. The van der Waals surface area contributed by atoms with Crippen molar-refractivity contribution < 1.29 is 4.42 Å². The molecular formula is C53H33NO. The Morgan fingerprint density at radius 1 is 0.345 bits per heavy atom. The lowest BCUT2D eigenvalue weighted by atomic mass is 9.70. The highest BCUT2D eigenvalue weighted by atomic mass is 16.3. The molecule has 9 aromatic carbocycles. The van der Waals surface area contributed by atoms with E-state index in [0.717, 1.165) is 50.1 Å². The Hall–Kier alpha value is -7.16. The summed E-state index contributed by atoms with van der Waals surface area (Å²) in [7, 11) is 0. The number of hydrogen-bond acceptors (Lipinski definition) is 2. The van der Waals surface area contributed by atoms with Crippen LogP contribution in [-0.2, 0) is 5.41 Å². The molecule has 55 heavy (non-hydrogen) atoms. The number of benzene rings is 9. The molecule has 2 aliphatic rings. The van der Waals surface area contributed by atoms with Crippen molar-refractivity contribution in [3.05, 3.63) is 222 Å². The van der Waals surface area contributed by atoms with Crippen LogP contribution in [0.3, 0.4) is 0 Å². The SMILES string of the molecule is c1ccc(N(c2ccc3c(c2)C2(c4ccccc4-c4ccccc42)c2ccccc2-3)c2cccc3ccccc23)c(-c2cccc3oc4ccccc4c23)c1. The molecule has 2 heteroatoms. The van der Waals surface area contributed by atoms with Crippen LogP contribution >= 0.6 is 0 Å². The lowest BCUT2D eigenvalue weighted by Gasteiger charge is -2.33. The first-order valence-electron chi connectivity index (χ1n) is 19.0. The molecule has 10 aromatic rings. The second-order valence-electron chi connectivity index (χ2n) is 14.7. The zero-order valence-corrected chi connectivity index (χ0v) is 29.9. The summed E-state index contributed by atoms with van der Waals surface area (Å²) in [5, 5.41) is 4.65. The van der Waals surface area contributed by atoms with Crippen LogP contribution in [0.15, 0.2) is 205 Å². The van der Waals surface area contributed by atoms with Gasteiger partial charge in [-0.15, -0.1) is 0 Å². The minimum atomic E-state index is -0.444. The highest BCUT2D eigenvalue weighted by Gasteiger charge is 2.51. The molecule has 2 aliphatic carbocycles. The van der Waals surface area contributed by atoms with E-state index >= 15 is 0 Å². The van der Waals surface area contributed by atoms with Gasteiger partial charge in [-0.2, -0.15) is 0 Å². The fourth-order valence-corrected chi connectivity index (χ4v) is 9.93. The first-order valence-corrected chi connectivity index (χ1v) is 19.0. The molecule has 0 saturated heterocycles. The number of nitrogens with zero attached hydrogens (tertiary/aromatic N) is 1. The zero-order chi connectivity index (χ0) is 36.1. The maximum Gasteiger partial charge on any atom is 0.136 e. The molecule has 12 rings (SSSR count). The van der Waals surface area contributed by atoms with Crippen molar-refractivity contribution in [2.24, 2.45) is 0 Å². The summed E-state index contributed by atoms with van der Waals surface area (Å²) >= 11 is 0. The van der Waals surface area contributed by atoms with Crippen molar-refractivity contribution in [2.45, 2.75) is 5.41 Å². The van der Waals surface area contributed by atoms with Gasteiger partial charge in [0.2, 0.25) is 0 Å². The minimum Gasteiger partial charge on any atom is -0.456 e. The van der Waals surface area contributed by atoms with E-state index in [1.807, 2.05) is 6.07 Å². The van der Waals surface area contributed by atoms with Gasteiger partial charge in [0.15, 0.2) is 0 Å². The number of fused-ring (bicyclic) bond motifs is 14. The van der Waals surface area contributed by atoms with Crippen molar-refractivity contribution in [1.29, 1.82) is 0 Å². The highest BCUT2D eigenvalue weighted by molar-refractivity contribution is 6.14. The maximum atomic E-state index is 6.42. The maximum absolute atomic E-state index is 6.42. The Balaban J connectivity index is 1.17. The Kier molecular flexibility index (Phi) is 6.29. The number of rotatable bonds is 4. The van der Waals surface area contributed by atoms with E-state index < -0.39 is 5.41 Å².